The lowest BCUT2D eigenvalue weighted by Gasteiger charge is -2.12. The molecular formula is C16H21NO2. The molecule has 0 saturated carbocycles. The van der Waals surface area contributed by atoms with E-state index >= 15 is 0 Å². The van der Waals surface area contributed by atoms with Crippen LogP contribution < -0.4 is 5.32 Å². The summed E-state index contributed by atoms with van der Waals surface area (Å²) >= 11 is 0. The lowest BCUT2D eigenvalue weighted by molar-refractivity contribution is 0.182. The van der Waals surface area contributed by atoms with Crippen LogP contribution >= 0.6 is 0 Å². The number of benzene rings is 1. The molecule has 2 N–H and O–H groups in total. The number of furan rings is 1. The van der Waals surface area contributed by atoms with Gasteiger partial charge in [-0.1, -0.05) is 30.3 Å². The minimum Gasteiger partial charge on any atom is -0.459 e. The molecule has 0 spiro atoms. The first-order valence-electron chi connectivity index (χ1n) is 6.73. The van der Waals surface area contributed by atoms with Crippen LogP contribution in [0.3, 0.4) is 0 Å². The van der Waals surface area contributed by atoms with Gasteiger partial charge in [0.05, 0.1) is 12.1 Å². The van der Waals surface area contributed by atoms with Crippen molar-refractivity contribution >= 4 is 0 Å². The van der Waals surface area contributed by atoms with Crippen molar-refractivity contribution in [2.75, 3.05) is 6.54 Å². The lowest BCUT2D eigenvalue weighted by atomic mass is 10.2. The Morgan fingerprint density at radius 2 is 1.84 bits per heavy atom. The number of rotatable bonds is 6. The van der Waals surface area contributed by atoms with E-state index in [0.717, 1.165) is 30.0 Å². The third kappa shape index (κ3) is 3.94. The molecule has 0 radical (unpaired) electrons. The van der Waals surface area contributed by atoms with Gasteiger partial charge in [0.25, 0.3) is 0 Å². The lowest BCUT2D eigenvalue weighted by Crippen LogP contribution is -2.22. The average Bonchev–Trinajstić information content (AvgIpc) is 2.89. The van der Waals surface area contributed by atoms with Crippen molar-refractivity contribution in [2.45, 2.75) is 32.4 Å². The van der Waals surface area contributed by atoms with E-state index in [1.807, 2.05) is 42.5 Å². The van der Waals surface area contributed by atoms with Crippen LogP contribution in [-0.4, -0.2) is 17.8 Å². The van der Waals surface area contributed by atoms with Crippen molar-refractivity contribution in [1.82, 2.24) is 5.32 Å². The van der Waals surface area contributed by atoms with Gasteiger partial charge in [-0.25, -0.2) is 0 Å². The molecule has 0 fully saturated rings. The van der Waals surface area contributed by atoms with E-state index in [0.29, 0.717) is 0 Å². The molecule has 1 aromatic heterocycles. The molecule has 1 aromatic carbocycles. The fourth-order valence-corrected chi connectivity index (χ4v) is 1.95. The van der Waals surface area contributed by atoms with E-state index in [-0.39, 0.29) is 12.1 Å². The number of nitrogens with one attached hydrogen (secondary N) is 1. The highest BCUT2D eigenvalue weighted by Gasteiger charge is 2.11. The molecule has 0 aliphatic rings. The molecule has 0 amide bonds. The predicted octanol–water partition coefficient (Wildman–Crippen LogP) is 3.37. The second kappa shape index (κ2) is 6.55. The van der Waals surface area contributed by atoms with E-state index in [9.17, 15) is 5.11 Å². The Morgan fingerprint density at radius 3 is 2.53 bits per heavy atom. The maximum Gasteiger partial charge on any atom is 0.134 e. The summed E-state index contributed by atoms with van der Waals surface area (Å²) in [6.07, 6.45) is 0.479. The topological polar surface area (TPSA) is 45.4 Å². The maximum atomic E-state index is 9.23. The highest BCUT2D eigenvalue weighted by molar-refractivity contribution is 5.57. The minimum atomic E-state index is -0.267. The highest BCUT2D eigenvalue weighted by atomic mass is 16.3. The van der Waals surface area contributed by atoms with Crippen molar-refractivity contribution in [1.29, 1.82) is 0 Å². The summed E-state index contributed by atoms with van der Waals surface area (Å²) in [7, 11) is 0. The van der Waals surface area contributed by atoms with Crippen molar-refractivity contribution in [3.63, 3.8) is 0 Å². The molecule has 3 heteroatoms. The summed E-state index contributed by atoms with van der Waals surface area (Å²) < 4.78 is 5.86. The van der Waals surface area contributed by atoms with Crippen molar-refractivity contribution in [3.8, 4) is 11.3 Å². The van der Waals surface area contributed by atoms with Gasteiger partial charge < -0.3 is 14.8 Å². The third-order valence-corrected chi connectivity index (χ3v) is 3.12. The van der Waals surface area contributed by atoms with Crippen LogP contribution in [0.1, 0.15) is 32.1 Å². The molecule has 19 heavy (non-hydrogen) atoms. The number of aliphatic hydroxyl groups is 1. The zero-order valence-electron chi connectivity index (χ0n) is 11.5. The minimum absolute atomic E-state index is 0.149. The van der Waals surface area contributed by atoms with Crippen LogP contribution in [-0.2, 0) is 0 Å². The Labute approximate surface area is 114 Å². The van der Waals surface area contributed by atoms with Crippen molar-refractivity contribution in [3.05, 3.63) is 48.2 Å². The standard InChI is InChI=1S/C16H21NO2/c1-12(18)10-11-17-13(2)15-8-9-16(19-15)14-6-4-3-5-7-14/h3-9,12-13,17-18H,10-11H2,1-2H3. The number of hydrogen-bond donors (Lipinski definition) is 2. The molecule has 0 aliphatic heterocycles. The fourth-order valence-electron chi connectivity index (χ4n) is 1.95. The first-order valence-corrected chi connectivity index (χ1v) is 6.73. The first kappa shape index (κ1) is 13.8. The van der Waals surface area contributed by atoms with E-state index in [2.05, 4.69) is 12.2 Å². The highest BCUT2D eigenvalue weighted by Crippen LogP contribution is 2.24. The van der Waals surface area contributed by atoms with Gasteiger partial charge in [-0.05, 0) is 38.9 Å². The third-order valence-electron chi connectivity index (χ3n) is 3.12. The summed E-state index contributed by atoms with van der Waals surface area (Å²) in [5.74, 6) is 1.81. The van der Waals surface area contributed by atoms with Gasteiger partial charge in [0.15, 0.2) is 0 Å². The van der Waals surface area contributed by atoms with Crippen LogP contribution in [0.4, 0.5) is 0 Å². The molecule has 2 rings (SSSR count). The number of aliphatic hydroxyl groups excluding tert-OH is 1. The molecule has 3 nitrogen and oxygen atoms in total. The molecule has 2 unspecified atom stereocenters. The molecule has 0 aliphatic carbocycles. The molecule has 1 heterocycles. The number of hydrogen-bond acceptors (Lipinski definition) is 3. The van der Waals surface area contributed by atoms with E-state index in [4.69, 9.17) is 4.42 Å². The SMILES string of the molecule is CC(O)CCNC(C)c1ccc(-c2ccccc2)o1. The summed E-state index contributed by atoms with van der Waals surface area (Å²) in [6.45, 7) is 4.64. The van der Waals surface area contributed by atoms with Gasteiger partial charge in [0, 0.05) is 5.56 Å². The normalized spacial score (nSPS) is 14.3. The van der Waals surface area contributed by atoms with Gasteiger partial charge in [0.2, 0.25) is 0 Å². The Kier molecular flexibility index (Phi) is 4.77. The molecule has 0 bridgehead atoms. The summed E-state index contributed by atoms with van der Waals surface area (Å²) in [6, 6.07) is 14.2. The second-order valence-corrected chi connectivity index (χ2v) is 4.88. The Balaban J connectivity index is 1.97. The van der Waals surface area contributed by atoms with Gasteiger partial charge >= 0.3 is 0 Å². The average molecular weight is 259 g/mol. The van der Waals surface area contributed by atoms with Gasteiger partial charge in [-0.3, -0.25) is 0 Å². The predicted molar refractivity (Wildman–Crippen MR) is 76.9 cm³/mol. The molecular weight excluding hydrogens is 238 g/mol. The van der Waals surface area contributed by atoms with E-state index < -0.39 is 0 Å². The van der Waals surface area contributed by atoms with Crippen LogP contribution in [0, 0.1) is 0 Å². The Morgan fingerprint density at radius 1 is 1.11 bits per heavy atom. The zero-order chi connectivity index (χ0) is 13.7. The first-order chi connectivity index (χ1) is 9.16. The largest absolute Gasteiger partial charge is 0.459 e. The molecule has 2 aromatic rings. The van der Waals surface area contributed by atoms with Crippen molar-refractivity contribution in [2.24, 2.45) is 0 Å². The summed E-state index contributed by atoms with van der Waals surface area (Å²) in [5.41, 5.74) is 1.09. The van der Waals surface area contributed by atoms with Crippen LogP contribution in [0.25, 0.3) is 11.3 Å². The quantitative estimate of drug-likeness (QED) is 0.836. The van der Waals surface area contributed by atoms with Crippen LogP contribution in [0.2, 0.25) is 0 Å². The van der Waals surface area contributed by atoms with Crippen molar-refractivity contribution < 1.29 is 9.52 Å². The van der Waals surface area contributed by atoms with E-state index in [1.165, 1.54) is 0 Å². The van der Waals surface area contributed by atoms with Crippen LogP contribution in [0.15, 0.2) is 46.9 Å². The zero-order valence-corrected chi connectivity index (χ0v) is 11.5. The van der Waals surface area contributed by atoms with Gasteiger partial charge in [-0.15, -0.1) is 0 Å². The summed E-state index contributed by atoms with van der Waals surface area (Å²) in [4.78, 5) is 0. The Bertz CT molecular complexity index is 490. The fraction of sp³-hybridized carbons (Fsp3) is 0.375. The second-order valence-electron chi connectivity index (χ2n) is 4.88. The van der Waals surface area contributed by atoms with Gasteiger partial charge in [0.1, 0.15) is 11.5 Å². The monoisotopic (exact) mass is 259 g/mol. The smallest absolute Gasteiger partial charge is 0.134 e. The molecule has 102 valence electrons. The maximum absolute atomic E-state index is 9.23. The van der Waals surface area contributed by atoms with E-state index in [1.54, 1.807) is 6.92 Å². The molecule has 0 saturated heterocycles. The summed E-state index contributed by atoms with van der Waals surface area (Å²) in [5, 5.41) is 12.6. The van der Waals surface area contributed by atoms with Crippen LogP contribution in [0.5, 0.6) is 0 Å². The van der Waals surface area contributed by atoms with Gasteiger partial charge in [-0.2, -0.15) is 0 Å². The Hall–Kier alpha value is -1.58. The molecule has 2 atom stereocenters.